The zero-order chi connectivity index (χ0) is 14.8. The number of nitrogens with zero attached hydrogens (tertiary/aromatic N) is 2. The minimum absolute atomic E-state index is 1.01. The summed E-state index contributed by atoms with van der Waals surface area (Å²) in [5.41, 5.74) is 5.43. The van der Waals surface area contributed by atoms with E-state index in [4.69, 9.17) is 4.98 Å². The second kappa shape index (κ2) is 5.83. The summed E-state index contributed by atoms with van der Waals surface area (Å²) in [6, 6.07) is 14.6. The van der Waals surface area contributed by atoms with Gasteiger partial charge in [0.05, 0.1) is 16.3 Å². The number of hydrogen-bond acceptors (Lipinski definition) is 4. The molecule has 0 atom stereocenters. The van der Waals surface area contributed by atoms with Gasteiger partial charge >= 0.3 is 0 Å². The Labute approximate surface area is 136 Å². The molecule has 106 valence electrons. The van der Waals surface area contributed by atoms with Crippen molar-refractivity contribution in [3.05, 3.63) is 71.0 Å². The second-order valence-electron chi connectivity index (χ2n) is 4.86. The number of thiophene rings is 2. The molecule has 4 aromatic heterocycles. The van der Waals surface area contributed by atoms with Crippen molar-refractivity contribution in [1.82, 2.24) is 9.97 Å². The quantitative estimate of drug-likeness (QED) is 0.491. The van der Waals surface area contributed by atoms with Gasteiger partial charge in [-0.1, -0.05) is 12.1 Å². The lowest BCUT2D eigenvalue weighted by atomic mass is 10.0. The molecular formula is C18H12N2S2. The molecule has 4 heteroatoms. The first kappa shape index (κ1) is 13.4. The van der Waals surface area contributed by atoms with Gasteiger partial charge in [-0.05, 0) is 46.7 Å². The van der Waals surface area contributed by atoms with Gasteiger partial charge in [0.1, 0.15) is 0 Å². The Morgan fingerprint density at radius 2 is 1.77 bits per heavy atom. The van der Waals surface area contributed by atoms with Crippen molar-refractivity contribution in [2.24, 2.45) is 0 Å². The van der Waals surface area contributed by atoms with E-state index in [1.165, 1.54) is 4.88 Å². The van der Waals surface area contributed by atoms with Crippen molar-refractivity contribution in [2.75, 3.05) is 0 Å². The molecule has 0 saturated heterocycles. The third-order valence-corrected chi connectivity index (χ3v) is 4.99. The standard InChI is InChI=1S/C18H12N2S2/c1-3-13(11-19-6-1)15-9-16(14-5-8-21-12-14)20-17(10-15)18-4-2-7-22-18/h1-12H. The highest BCUT2D eigenvalue weighted by Gasteiger charge is 2.09. The fourth-order valence-electron chi connectivity index (χ4n) is 2.34. The minimum atomic E-state index is 1.01. The van der Waals surface area contributed by atoms with Gasteiger partial charge < -0.3 is 0 Å². The van der Waals surface area contributed by atoms with Crippen molar-refractivity contribution in [1.29, 1.82) is 0 Å². The van der Waals surface area contributed by atoms with Crippen LogP contribution in [-0.4, -0.2) is 9.97 Å². The lowest BCUT2D eigenvalue weighted by Crippen LogP contribution is -1.89. The summed E-state index contributed by atoms with van der Waals surface area (Å²) in [5.74, 6) is 0. The molecule has 4 rings (SSSR count). The molecule has 0 unspecified atom stereocenters. The average Bonchev–Trinajstić information content (AvgIpc) is 3.29. The zero-order valence-electron chi connectivity index (χ0n) is 11.6. The molecule has 0 aromatic carbocycles. The van der Waals surface area contributed by atoms with Crippen LogP contribution in [0.15, 0.2) is 71.0 Å². The van der Waals surface area contributed by atoms with Gasteiger partial charge in [0.15, 0.2) is 0 Å². The van der Waals surface area contributed by atoms with E-state index in [0.717, 1.165) is 28.1 Å². The fraction of sp³-hybridized carbons (Fsp3) is 0. The van der Waals surface area contributed by atoms with E-state index in [9.17, 15) is 0 Å². The summed E-state index contributed by atoms with van der Waals surface area (Å²) < 4.78 is 0. The van der Waals surface area contributed by atoms with Crippen molar-refractivity contribution >= 4 is 22.7 Å². The molecule has 22 heavy (non-hydrogen) atoms. The molecule has 0 aliphatic heterocycles. The molecule has 2 nitrogen and oxygen atoms in total. The first-order chi connectivity index (χ1) is 10.9. The van der Waals surface area contributed by atoms with Crippen LogP contribution in [0.5, 0.6) is 0 Å². The third-order valence-electron chi connectivity index (χ3n) is 3.41. The van der Waals surface area contributed by atoms with Gasteiger partial charge in [0, 0.05) is 28.9 Å². The Bertz CT molecular complexity index is 814. The van der Waals surface area contributed by atoms with Crippen LogP contribution in [0.3, 0.4) is 0 Å². The monoisotopic (exact) mass is 320 g/mol. The molecule has 0 aliphatic rings. The molecule has 0 spiro atoms. The highest BCUT2D eigenvalue weighted by Crippen LogP contribution is 2.32. The summed E-state index contributed by atoms with van der Waals surface area (Å²) in [7, 11) is 0. The molecule has 4 aromatic rings. The normalized spacial score (nSPS) is 10.7. The second-order valence-corrected chi connectivity index (χ2v) is 6.59. The lowest BCUT2D eigenvalue weighted by Gasteiger charge is -2.07. The van der Waals surface area contributed by atoms with Gasteiger partial charge in [-0.25, -0.2) is 4.98 Å². The van der Waals surface area contributed by atoms with Crippen molar-refractivity contribution < 1.29 is 0 Å². The van der Waals surface area contributed by atoms with Crippen LogP contribution in [0, 0.1) is 0 Å². The molecule has 0 fully saturated rings. The van der Waals surface area contributed by atoms with Gasteiger partial charge in [0.25, 0.3) is 0 Å². The van der Waals surface area contributed by atoms with E-state index in [1.54, 1.807) is 28.9 Å². The number of rotatable bonds is 3. The van der Waals surface area contributed by atoms with Gasteiger partial charge in [0.2, 0.25) is 0 Å². The van der Waals surface area contributed by atoms with Crippen molar-refractivity contribution in [3.63, 3.8) is 0 Å². The molecule has 0 radical (unpaired) electrons. The van der Waals surface area contributed by atoms with Crippen LogP contribution >= 0.6 is 22.7 Å². The van der Waals surface area contributed by atoms with Crippen molar-refractivity contribution in [2.45, 2.75) is 0 Å². The molecule has 0 N–H and O–H groups in total. The third kappa shape index (κ3) is 2.58. The van der Waals surface area contributed by atoms with Gasteiger partial charge in [-0.3, -0.25) is 4.98 Å². The van der Waals surface area contributed by atoms with Gasteiger partial charge in [-0.2, -0.15) is 11.3 Å². The Morgan fingerprint density at radius 3 is 2.50 bits per heavy atom. The van der Waals surface area contributed by atoms with Crippen LogP contribution in [-0.2, 0) is 0 Å². The lowest BCUT2D eigenvalue weighted by molar-refractivity contribution is 1.31. The Balaban J connectivity index is 1.91. The first-order valence-corrected chi connectivity index (χ1v) is 8.71. The van der Waals surface area contributed by atoms with Crippen LogP contribution in [0.2, 0.25) is 0 Å². The molecule has 0 bridgehead atoms. The predicted octanol–water partition coefficient (Wildman–Crippen LogP) is 5.60. The maximum absolute atomic E-state index is 4.84. The Kier molecular flexibility index (Phi) is 3.54. The topological polar surface area (TPSA) is 25.8 Å². The zero-order valence-corrected chi connectivity index (χ0v) is 13.3. The van der Waals surface area contributed by atoms with Crippen molar-refractivity contribution in [3.8, 4) is 33.0 Å². The van der Waals surface area contributed by atoms with Gasteiger partial charge in [-0.15, -0.1) is 11.3 Å². The van der Waals surface area contributed by atoms with E-state index >= 15 is 0 Å². The van der Waals surface area contributed by atoms with E-state index in [2.05, 4.69) is 57.5 Å². The summed E-state index contributed by atoms with van der Waals surface area (Å²) >= 11 is 3.40. The Morgan fingerprint density at radius 1 is 0.818 bits per heavy atom. The van der Waals surface area contributed by atoms with E-state index in [1.807, 2.05) is 12.3 Å². The number of pyridine rings is 2. The molecule has 0 aliphatic carbocycles. The molecule has 0 saturated carbocycles. The van der Waals surface area contributed by atoms with Crippen LogP contribution in [0.1, 0.15) is 0 Å². The molecule has 0 amide bonds. The van der Waals surface area contributed by atoms with E-state index in [0.29, 0.717) is 0 Å². The largest absolute Gasteiger partial charge is 0.264 e. The fourth-order valence-corrected chi connectivity index (χ4v) is 3.68. The van der Waals surface area contributed by atoms with E-state index < -0.39 is 0 Å². The number of aromatic nitrogens is 2. The smallest absolute Gasteiger partial charge is 0.0815 e. The molecular weight excluding hydrogens is 308 g/mol. The van der Waals surface area contributed by atoms with Crippen LogP contribution in [0.4, 0.5) is 0 Å². The SMILES string of the molecule is c1cncc(-c2cc(-c3ccsc3)nc(-c3cccs3)c2)c1. The highest BCUT2D eigenvalue weighted by molar-refractivity contribution is 7.13. The highest BCUT2D eigenvalue weighted by atomic mass is 32.1. The van der Waals surface area contributed by atoms with Crippen LogP contribution < -0.4 is 0 Å². The molecule has 4 heterocycles. The number of hydrogen-bond donors (Lipinski definition) is 0. The summed E-state index contributed by atoms with van der Waals surface area (Å²) in [5, 5.41) is 6.30. The summed E-state index contributed by atoms with van der Waals surface area (Å²) in [6.07, 6.45) is 3.69. The Hall–Kier alpha value is -2.30. The maximum Gasteiger partial charge on any atom is 0.0815 e. The maximum atomic E-state index is 4.84. The van der Waals surface area contributed by atoms with E-state index in [-0.39, 0.29) is 0 Å². The summed E-state index contributed by atoms with van der Waals surface area (Å²) in [6.45, 7) is 0. The minimum Gasteiger partial charge on any atom is -0.264 e. The van der Waals surface area contributed by atoms with Crippen LogP contribution in [0.25, 0.3) is 33.0 Å². The first-order valence-electron chi connectivity index (χ1n) is 6.89. The average molecular weight is 320 g/mol. The predicted molar refractivity (Wildman–Crippen MR) is 94.1 cm³/mol. The summed E-state index contributed by atoms with van der Waals surface area (Å²) in [4.78, 5) is 10.3.